The van der Waals surface area contributed by atoms with E-state index in [-0.39, 0.29) is 11.6 Å². The summed E-state index contributed by atoms with van der Waals surface area (Å²) in [6, 6.07) is 5.28. The van der Waals surface area contributed by atoms with Crippen molar-refractivity contribution in [3.05, 3.63) is 29.8 Å². The Hall–Kier alpha value is -2.45. The Morgan fingerprint density at radius 2 is 2.00 bits per heavy atom. The number of carboxylic acid groups (broad SMARTS) is 1. The Bertz CT molecular complexity index is 513. The highest BCUT2D eigenvalue weighted by atomic mass is 19.4. The van der Waals surface area contributed by atoms with Gasteiger partial charge in [-0.15, -0.1) is 0 Å². The quantitative estimate of drug-likeness (QED) is 0.637. The van der Waals surface area contributed by atoms with Gasteiger partial charge in [-0.2, -0.15) is 13.2 Å². The van der Waals surface area contributed by atoms with Gasteiger partial charge in [0, 0.05) is 5.56 Å². The normalized spacial score (nSPS) is 18.3. The number of hydrogen-bond acceptors (Lipinski definition) is 5. The summed E-state index contributed by atoms with van der Waals surface area (Å²) < 4.78 is 41.3. The van der Waals surface area contributed by atoms with Gasteiger partial charge in [0.25, 0.3) is 6.23 Å². The first-order valence-electron chi connectivity index (χ1n) is 4.94. The molecule has 0 saturated carbocycles. The molecule has 9 heteroatoms. The molecule has 1 aliphatic heterocycles. The molecule has 0 radical (unpaired) electrons. The average Bonchev–Trinajstić information content (AvgIpc) is 2.78. The first kappa shape index (κ1) is 13.0. The highest BCUT2D eigenvalue weighted by Gasteiger charge is 2.45. The first-order valence-corrected chi connectivity index (χ1v) is 4.94. The SMILES string of the molecule is O=C(O)Oc1ccc(C2=NOC(C(F)(F)F)N2)cc1. The number of amidine groups is 1. The van der Waals surface area contributed by atoms with Crippen LogP contribution in [0.25, 0.3) is 0 Å². The molecule has 0 aliphatic carbocycles. The first-order chi connectivity index (χ1) is 8.86. The lowest BCUT2D eigenvalue weighted by Crippen LogP contribution is -2.41. The molecule has 0 spiro atoms. The number of nitrogens with zero attached hydrogens (tertiary/aromatic N) is 1. The van der Waals surface area contributed by atoms with Crippen LogP contribution in [0.4, 0.5) is 18.0 Å². The van der Waals surface area contributed by atoms with E-state index in [4.69, 9.17) is 5.11 Å². The molecule has 2 rings (SSSR count). The third-order valence-electron chi connectivity index (χ3n) is 2.15. The van der Waals surface area contributed by atoms with Crippen LogP contribution in [-0.4, -0.2) is 29.5 Å². The number of carbonyl (C=O) groups is 1. The highest BCUT2D eigenvalue weighted by Crippen LogP contribution is 2.25. The molecule has 1 heterocycles. The predicted molar refractivity (Wildman–Crippen MR) is 55.7 cm³/mol. The van der Waals surface area contributed by atoms with Crippen molar-refractivity contribution in [1.82, 2.24) is 5.32 Å². The van der Waals surface area contributed by atoms with E-state index in [2.05, 4.69) is 20.0 Å². The van der Waals surface area contributed by atoms with E-state index >= 15 is 0 Å². The van der Waals surface area contributed by atoms with Gasteiger partial charge in [0.15, 0.2) is 5.84 Å². The van der Waals surface area contributed by atoms with E-state index in [1.807, 2.05) is 0 Å². The largest absolute Gasteiger partial charge is 0.511 e. The molecular formula is C10H7F3N2O4. The van der Waals surface area contributed by atoms with Crippen LogP contribution in [-0.2, 0) is 4.84 Å². The lowest BCUT2D eigenvalue weighted by molar-refractivity contribution is -0.218. The van der Waals surface area contributed by atoms with Crippen molar-refractivity contribution in [3.63, 3.8) is 0 Å². The molecule has 102 valence electrons. The molecule has 1 aliphatic rings. The van der Waals surface area contributed by atoms with E-state index < -0.39 is 18.6 Å². The summed E-state index contributed by atoms with van der Waals surface area (Å²) in [5, 5.41) is 13.7. The minimum absolute atomic E-state index is 0.0446. The molecule has 6 nitrogen and oxygen atoms in total. The molecule has 1 atom stereocenters. The van der Waals surface area contributed by atoms with E-state index in [1.165, 1.54) is 24.3 Å². The predicted octanol–water partition coefficient (Wildman–Crippen LogP) is 1.91. The average molecular weight is 276 g/mol. The topological polar surface area (TPSA) is 80.2 Å². The molecule has 1 aromatic rings. The van der Waals surface area contributed by atoms with Gasteiger partial charge in [0.2, 0.25) is 0 Å². The fourth-order valence-electron chi connectivity index (χ4n) is 1.34. The molecule has 0 fully saturated rings. The Morgan fingerprint density at radius 1 is 1.37 bits per heavy atom. The van der Waals surface area contributed by atoms with E-state index in [0.29, 0.717) is 5.56 Å². The number of halogens is 3. The monoisotopic (exact) mass is 276 g/mol. The standard InChI is InChI=1S/C10H7F3N2O4/c11-10(12,13)8-14-7(15-19-8)5-1-3-6(4-2-5)18-9(16)17/h1-4,8H,(H,14,15)(H,16,17). The molecule has 1 unspecified atom stereocenters. The summed E-state index contributed by atoms with van der Waals surface area (Å²) in [5.74, 6) is -0.0488. The van der Waals surface area contributed by atoms with Gasteiger partial charge in [-0.25, -0.2) is 4.79 Å². The van der Waals surface area contributed by atoms with Crippen molar-refractivity contribution in [2.24, 2.45) is 5.16 Å². The highest BCUT2D eigenvalue weighted by molar-refractivity contribution is 5.99. The molecule has 0 bridgehead atoms. The van der Waals surface area contributed by atoms with E-state index in [1.54, 1.807) is 0 Å². The van der Waals surface area contributed by atoms with Crippen LogP contribution in [0.2, 0.25) is 0 Å². The van der Waals surface area contributed by atoms with Crippen LogP contribution < -0.4 is 10.1 Å². The summed E-state index contributed by atoms with van der Waals surface area (Å²) in [5.41, 5.74) is 0.310. The number of benzene rings is 1. The van der Waals surface area contributed by atoms with Crippen LogP contribution in [0, 0.1) is 0 Å². The second-order valence-corrected chi connectivity index (χ2v) is 3.50. The van der Waals surface area contributed by atoms with Crippen molar-refractivity contribution in [2.45, 2.75) is 12.4 Å². The number of nitrogens with one attached hydrogen (secondary N) is 1. The van der Waals surface area contributed by atoms with E-state index in [9.17, 15) is 18.0 Å². The van der Waals surface area contributed by atoms with Crippen LogP contribution >= 0.6 is 0 Å². The Morgan fingerprint density at radius 3 is 2.47 bits per heavy atom. The second kappa shape index (κ2) is 4.67. The van der Waals surface area contributed by atoms with Gasteiger partial charge >= 0.3 is 12.3 Å². The second-order valence-electron chi connectivity index (χ2n) is 3.50. The lowest BCUT2D eigenvalue weighted by Gasteiger charge is -2.13. The summed E-state index contributed by atoms with van der Waals surface area (Å²) in [6.45, 7) is 0. The molecular weight excluding hydrogens is 269 g/mol. The fourth-order valence-corrected chi connectivity index (χ4v) is 1.34. The summed E-state index contributed by atoms with van der Waals surface area (Å²) in [6.07, 6.45) is -8.24. The van der Waals surface area contributed by atoms with Crippen molar-refractivity contribution >= 4 is 12.0 Å². The number of oxime groups is 1. The van der Waals surface area contributed by atoms with Crippen molar-refractivity contribution in [2.75, 3.05) is 0 Å². The number of rotatable bonds is 2. The van der Waals surface area contributed by atoms with Gasteiger partial charge in [0.1, 0.15) is 5.75 Å². The number of alkyl halides is 3. The van der Waals surface area contributed by atoms with Crippen LogP contribution in [0.3, 0.4) is 0 Å². The van der Waals surface area contributed by atoms with Gasteiger partial charge in [-0.1, -0.05) is 5.16 Å². The Kier molecular flexibility index (Phi) is 3.19. The molecule has 1 aromatic carbocycles. The maximum atomic E-state index is 12.3. The van der Waals surface area contributed by atoms with Crippen LogP contribution in [0.5, 0.6) is 5.75 Å². The van der Waals surface area contributed by atoms with Crippen molar-refractivity contribution < 1.29 is 32.6 Å². The maximum Gasteiger partial charge on any atom is 0.511 e. The van der Waals surface area contributed by atoms with Crippen LogP contribution in [0.15, 0.2) is 29.4 Å². The molecule has 0 aromatic heterocycles. The minimum Gasteiger partial charge on any atom is -0.449 e. The summed E-state index contributed by atoms with van der Waals surface area (Å²) in [7, 11) is 0. The molecule has 0 saturated heterocycles. The van der Waals surface area contributed by atoms with Gasteiger partial charge < -0.3 is 20.0 Å². The molecule has 19 heavy (non-hydrogen) atoms. The summed E-state index contributed by atoms with van der Waals surface area (Å²) in [4.78, 5) is 14.5. The molecule has 0 amide bonds. The summed E-state index contributed by atoms with van der Waals surface area (Å²) >= 11 is 0. The molecule has 2 N–H and O–H groups in total. The number of hydrogen-bond donors (Lipinski definition) is 2. The van der Waals surface area contributed by atoms with Crippen LogP contribution in [0.1, 0.15) is 5.56 Å². The Labute approximate surface area is 104 Å². The fraction of sp³-hybridized carbons (Fsp3) is 0.200. The third kappa shape index (κ3) is 3.06. The maximum absolute atomic E-state index is 12.3. The smallest absolute Gasteiger partial charge is 0.449 e. The van der Waals surface area contributed by atoms with Gasteiger partial charge in [0.05, 0.1) is 0 Å². The van der Waals surface area contributed by atoms with Crippen molar-refractivity contribution in [3.8, 4) is 5.75 Å². The zero-order chi connectivity index (χ0) is 14.0. The third-order valence-corrected chi connectivity index (χ3v) is 2.15. The minimum atomic E-state index is -4.57. The number of ether oxygens (including phenoxy) is 1. The van der Waals surface area contributed by atoms with Gasteiger partial charge in [-0.3, -0.25) is 0 Å². The van der Waals surface area contributed by atoms with E-state index in [0.717, 1.165) is 0 Å². The zero-order valence-corrected chi connectivity index (χ0v) is 9.14. The van der Waals surface area contributed by atoms with Crippen molar-refractivity contribution in [1.29, 1.82) is 0 Å². The Balaban J connectivity index is 2.06. The lowest BCUT2D eigenvalue weighted by atomic mass is 10.2. The zero-order valence-electron chi connectivity index (χ0n) is 9.14. The van der Waals surface area contributed by atoms with Gasteiger partial charge in [-0.05, 0) is 24.3 Å².